The summed E-state index contributed by atoms with van der Waals surface area (Å²) < 4.78 is 0. The second-order valence-electron chi connectivity index (χ2n) is 4.05. The molecule has 1 N–H and O–H groups in total. The second-order valence-corrected chi connectivity index (χ2v) is 4.05. The summed E-state index contributed by atoms with van der Waals surface area (Å²) in [6.07, 6.45) is 4.46. The van der Waals surface area contributed by atoms with E-state index in [-0.39, 0.29) is 11.9 Å². The molecule has 4 heteroatoms. The molecule has 2 aliphatic rings. The third-order valence-electron chi connectivity index (χ3n) is 3.02. The Hall–Kier alpha value is -0.900. The van der Waals surface area contributed by atoms with Crippen molar-refractivity contribution >= 4 is 11.7 Å². The smallest absolute Gasteiger partial charge is 0.318 e. The van der Waals surface area contributed by atoms with Crippen molar-refractivity contribution in [3.63, 3.8) is 0 Å². The fourth-order valence-electron chi connectivity index (χ4n) is 1.99. The van der Waals surface area contributed by atoms with Crippen molar-refractivity contribution in [3.05, 3.63) is 0 Å². The Balaban J connectivity index is 1.77. The first kappa shape index (κ1) is 9.65. The summed E-state index contributed by atoms with van der Waals surface area (Å²) in [5.74, 6) is -0.337. The quantitative estimate of drug-likeness (QED) is 0.687. The van der Waals surface area contributed by atoms with Crippen molar-refractivity contribution in [3.8, 4) is 0 Å². The molecule has 14 heavy (non-hydrogen) atoms. The zero-order chi connectivity index (χ0) is 9.97. The SMILES string of the molecule is CC1C(=O)ON=C1CCC1CCCN1. The molecule has 0 saturated carbocycles. The van der Waals surface area contributed by atoms with Crippen LogP contribution in [0.2, 0.25) is 0 Å². The summed E-state index contributed by atoms with van der Waals surface area (Å²) in [5, 5.41) is 7.22. The molecule has 2 unspecified atom stereocenters. The number of nitrogens with zero attached hydrogens (tertiary/aromatic N) is 1. The van der Waals surface area contributed by atoms with Gasteiger partial charge in [-0.25, -0.2) is 4.79 Å². The van der Waals surface area contributed by atoms with Gasteiger partial charge in [-0.2, -0.15) is 0 Å². The zero-order valence-electron chi connectivity index (χ0n) is 8.45. The highest BCUT2D eigenvalue weighted by Crippen LogP contribution is 2.18. The summed E-state index contributed by atoms with van der Waals surface area (Å²) >= 11 is 0. The highest BCUT2D eigenvalue weighted by molar-refractivity contribution is 6.04. The molecule has 0 aromatic heterocycles. The number of carbonyl (C=O) groups excluding carboxylic acids is 1. The molecule has 0 bridgehead atoms. The van der Waals surface area contributed by atoms with Gasteiger partial charge < -0.3 is 10.2 Å². The maximum atomic E-state index is 11.0. The van der Waals surface area contributed by atoms with Crippen LogP contribution >= 0.6 is 0 Å². The normalized spacial score (nSPS) is 31.8. The lowest BCUT2D eigenvalue weighted by Crippen LogP contribution is -2.23. The molecule has 0 radical (unpaired) electrons. The molecular formula is C10H16N2O2. The van der Waals surface area contributed by atoms with Gasteiger partial charge in [-0.3, -0.25) is 0 Å². The molecule has 1 saturated heterocycles. The van der Waals surface area contributed by atoms with Crippen molar-refractivity contribution in [1.82, 2.24) is 5.32 Å². The maximum Gasteiger partial charge on any atom is 0.343 e. The highest BCUT2D eigenvalue weighted by atomic mass is 16.7. The third kappa shape index (κ3) is 1.95. The van der Waals surface area contributed by atoms with Gasteiger partial charge in [0.1, 0.15) is 0 Å². The van der Waals surface area contributed by atoms with Crippen LogP contribution in [0.5, 0.6) is 0 Å². The Kier molecular flexibility index (Phi) is 2.82. The van der Waals surface area contributed by atoms with Gasteiger partial charge in [-0.15, -0.1) is 0 Å². The predicted molar refractivity (Wildman–Crippen MR) is 52.9 cm³/mol. The number of oxime groups is 1. The lowest BCUT2D eigenvalue weighted by Gasteiger charge is -2.09. The van der Waals surface area contributed by atoms with E-state index in [1.807, 2.05) is 6.92 Å². The first-order valence-corrected chi connectivity index (χ1v) is 5.28. The van der Waals surface area contributed by atoms with E-state index in [0.29, 0.717) is 6.04 Å². The summed E-state index contributed by atoms with van der Waals surface area (Å²) in [5.41, 5.74) is 0.906. The Morgan fingerprint density at radius 1 is 1.64 bits per heavy atom. The zero-order valence-corrected chi connectivity index (χ0v) is 8.45. The molecule has 2 rings (SSSR count). The maximum absolute atomic E-state index is 11.0. The van der Waals surface area contributed by atoms with E-state index in [9.17, 15) is 4.79 Å². The summed E-state index contributed by atoms with van der Waals surface area (Å²) in [7, 11) is 0. The summed E-state index contributed by atoms with van der Waals surface area (Å²) in [6.45, 7) is 2.98. The number of carbonyl (C=O) groups is 1. The second kappa shape index (κ2) is 4.09. The van der Waals surface area contributed by atoms with Gasteiger partial charge in [0.25, 0.3) is 0 Å². The fraction of sp³-hybridized carbons (Fsp3) is 0.800. The van der Waals surface area contributed by atoms with E-state index in [1.54, 1.807) is 0 Å². The third-order valence-corrected chi connectivity index (χ3v) is 3.02. The fourth-order valence-corrected chi connectivity index (χ4v) is 1.99. The lowest BCUT2D eigenvalue weighted by molar-refractivity contribution is -0.142. The topological polar surface area (TPSA) is 50.7 Å². The van der Waals surface area contributed by atoms with Gasteiger partial charge in [-0.1, -0.05) is 5.16 Å². The molecule has 2 heterocycles. The van der Waals surface area contributed by atoms with Gasteiger partial charge in [0.2, 0.25) is 0 Å². The van der Waals surface area contributed by atoms with Gasteiger partial charge >= 0.3 is 5.97 Å². The summed E-state index contributed by atoms with van der Waals surface area (Å²) in [4.78, 5) is 15.6. The molecule has 1 fully saturated rings. The van der Waals surface area contributed by atoms with E-state index in [0.717, 1.165) is 25.1 Å². The molecule has 2 aliphatic heterocycles. The van der Waals surface area contributed by atoms with Crippen LogP contribution < -0.4 is 5.32 Å². The number of rotatable bonds is 3. The molecular weight excluding hydrogens is 180 g/mol. The van der Waals surface area contributed by atoms with Crippen molar-refractivity contribution < 1.29 is 9.63 Å². The van der Waals surface area contributed by atoms with Gasteiger partial charge in [0, 0.05) is 6.04 Å². The van der Waals surface area contributed by atoms with Gasteiger partial charge in [-0.05, 0) is 39.2 Å². The van der Waals surface area contributed by atoms with Crippen LogP contribution in [-0.4, -0.2) is 24.3 Å². The van der Waals surface area contributed by atoms with Crippen LogP contribution in [0.4, 0.5) is 0 Å². The minimum Gasteiger partial charge on any atom is -0.318 e. The number of nitrogens with one attached hydrogen (secondary N) is 1. The van der Waals surface area contributed by atoms with Crippen molar-refractivity contribution in [1.29, 1.82) is 0 Å². The molecule has 0 spiro atoms. The van der Waals surface area contributed by atoms with Crippen LogP contribution in [0.15, 0.2) is 5.16 Å². The van der Waals surface area contributed by atoms with Crippen LogP contribution in [0.3, 0.4) is 0 Å². The largest absolute Gasteiger partial charge is 0.343 e. The first-order chi connectivity index (χ1) is 6.77. The van der Waals surface area contributed by atoms with E-state index in [4.69, 9.17) is 0 Å². The minimum atomic E-state index is -0.209. The van der Waals surface area contributed by atoms with Crippen molar-refractivity contribution in [2.75, 3.05) is 6.54 Å². The van der Waals surface area contributed by atoms with Crippen molar-refractivity contribution in [2.24, 2.45) is 11.1 Å². The molecule has 0 amide bonds. The molecule has 4 nitrogen and oxygen atoms in total. The van der Waals surface area contributed by atoms with Crippen LogP contribution in [0, 0.1) is 5.92 Å². The number of hydrogen-bond acceptors (Lipinski definition) is 4. The summed E-state index contributed by atoms with van der Waals surface area (Å²) in [6, 6.07) is 0.612. The standard InChI is InChI=1S/C10H16N2O2/c1-7-9(12-14-10(7)13)5-4-8-3-2-6-11-8/h7-8,11H,2-6H2,1H3. The lowest BCUT2D eigenvalue weighted by atomic mass is 9.99. The molecule has 2 atom stereocenters. The van der Waals surface area contributed by atoms with E-state index in [2.05, 4.69) is 15.3 Å². The average Bonchev–Trinajstić information content (AvgIpc) is 2.77. The number of hydrogen-bond donors (Lipinski definition) is 1. The van der Waals surface area contributed by atoms with Gasteiger partial charge in [0.05, 0.1) is 11.6 Å². The highest BCUT2D eigenvalue weighted by Gasteiger charge is 2.28. The molecule has 0 aliphatic carbocycles. The first-order valence-electron chi connectivity index (χ1n) is 5.28. The molecule has 78 valence electrons. The monoisotopic (exact) mass is 196 g/mol. The van der Waals surface area contributed by atoms with Gasteiger partial charge in [0.15, 0.2) is 0 Å². The van der Waals surface area contributed by atoms with E-state index < -0.39 is 0 Å². The Morgan fingerprint density at radius 2 is 2.50 bits per heavy atom. The average molecular weight is 196 g/mol. The minimum absolute atomic E-state index is 0.128. The Bertz CT molecular complexity index is 257. The molecule has 0 aromatic rings. The van der Waals surface area contributed by atoms with E-state index in [1.165, 1.54) is 12.8 Å². The molecule has 0 aromatic carbocycles. The van der Waals surface area contributed by atoms with Crippen molar-refractivity contribution in [2.45, 2.75) is 38.6 Å². The predicted octanol–water partition coefficient (Wildman–Crippen LogP) is 1.07. The Labute approximate surface area is 83.7 Å². The Morgan fingerprint density at radius 3 is 3.07 bits per heavy atom. The van der Waals surface area contributed by atoms with Crippen LogP contribution in [0.25, 0.3) is 0 Å². The van der Waals surface area contributed by atoms with Crippen LogP contribution in [-0.2, 0) is 9.63 Å². The van der Waals surface area contributed by atoms with Crippen LogP contribution in [0.1, 0.15) is 32.6 Å². The van der Waals surface area contributed by atoms with E-state index >= 15 is 0 Å².